The zero-order valence-electron chi connectivity index (χ0n) is 11.7. The number of aliphatic hydroxyl groups excluding tert-OH is 1. The molecule has 2 rings (SSSR count). The van der Waals surface area contributed by atoms with Crippen LogP contribution in [0.5, 0.6) is 5.75 Å². The first-order chi connectivity index (χ1) is 10.3. The van der Waals surface area contributed by atoms with Gasteiger partial charge in [0.2, 0.25) is 0 Å². The number of hydrogen-bond donors (Lipinski definition) is 1. The Morgan fingerprint density at radius 2 is 1.90 bits per heavy atom. The summed E-state index contributed by atoms with van der Waals surface area (Å²) in [6.45, 7) is 0.473. The molecule has 0 aliphatic carbocycles. The molecule has 0 bridgehead atoms. The summed E-state index contributed by atoms with van der Waals surface area (Å²) in [6.07, 6.45) is 1.14. The first kappa shape index (κ1) is 15.1. The minimum absolute atomic E-state index is 0.0123. The van der Waals surface area contributed by atoms with E-state index in [9.17, 15) is 4.39 Å². The molecule has 0 fully saturated rings. The van der Waals surface area contributed by atoms with E-state index in [1.807, 2.05) is 30.3 Å². The number of aliphatic hydroxyl groups is 1. The third-order valence-corrected chi connectivity index (χ3v) is 2.89. The van der Waals surface area contributed by atoms with Crippen molar-refractivity contribution in [3.8, 4) is 17.6 Å². The Kier molecular flexibility index (Phi) is 5.81. The normalized spacial score (nSPS) is 9.81. The summed E-state index contributed by atoms with van der Waals surface area (Å²) >= 11 is 0. The maximum absolute atomic E-state index is 13.3. The Morgan fingerprint density at radius 1 is 1.10 bits per heavy atom. The lowest BCUT2D eigenvalue weighted by Gasteiger charge is -2.08. The van der Waals surface area contributed by atoms with Crippen LogP contribution in [-0.2, 0) is 6.42 Å². The fourth-order valence-electron chi connectivity index (χ4n) is 1.86. The average Bonchev–Trinajstić information content (AvgIpc) is 2.51. The fourth-order valence-corrected chi connectivity index (χ4v) is 1.86. The standard InChI is InChI=1S/C18H17FO2/c19-17-10-9-16(8-4-5-12-20)18(14-17)21-13-11-15-6-2-1-3-7-15/h1-3,6-7,9-10,14,20H,5,11-13H2. The lowest BCUT2D eigenvalue weighted by atomic mass is 10.1. The molecular weight excluding hydrogens is 267 g/mol. The van der Waals surface area contributed by atoms with Gasteiger partial charge in [0.15, 0.2) is 0 Å². The first-order valence-corrected chi connectivity index (χ1v) is 6.85. The van der Waals surface area contributed by atoms with Crippen molar-refractivity contribution in [2.24, 2.45) is 0 Å². The van der Waals surface area contributed by atoms with Crippen LogP contribution in [0.4, 0.5) is 4.39 Å². The van der Waals surface area contributed by atoms with Gasteiger partial charge in [0.25, 0.3) is 0 Å². The number of rotatable bonds is 5. The van der Waals surface area contributed by atoms with Crippen molar-refractivity contribution < 1.29 is 14.2 Å². The topological polar surface area (TPSA) is 29.5 Å². The Hall–Kier alpha value is -2.31. The van der Waals surface area contributed by atoms with Gasteiger partial charge in [0.1, 0.15) is 11.6 Å². The van der Waals surface area contributed by atoms with Gasteiger partial charge < -0.3 is 9.84 Å². The summed E-state index contributed by atoms with van der Waals surface area (Å²) in [4.78, 5) is 0. The highest BCUT2D eigenvalue weighted by Crippen LogP contribution is 2.19. The van der Waals surface area contributed by atoms with E-state index in [0.29, 0.717) is 24.3 Å². The summed E-state index contributed by atoms with van der Waals surface area (Å²) in [5.41, 5.74) is 1.81. The van der Waals surface area contributed by atoms with Gasteiger partial charge in [-0.15, -0.1) is 0 Å². The van der Waals surface area contributed by atoms with Gasteiger partial charge in [-0.1, -0.05) is 42.2 Å². The molecule has 0 unspecified atom stereocenters. The van der Waals surface area contributed by atoms with Crippen LogP contribution in [0.15, 0.2) is 48.5 Å². The lowest BCUT2D eigenvalue weighted by molar-refractivity contribution is 0.305. The lowest BCUT2D eigenvalue weighted by Crippen LogP contribution is -2.03. The minimum atomic E-state index is -0.350. The van der Waals surface area contributed by atoms with Crippen LogP contribution >= 0.6 is 0 Å². The molecule has 2 nitrogen and oxygen atoms in total. The summed E-state index contributed by atoms with van der Waals surface area (Å²) in [5, 5.41) is 8.73. The molecule has 0 aliphatic heterocycles. The molecule has 0 heterocycles. The highest BCUT2D eigenvalue weighted by atomic mass is 19.1. The van der Waals surface area contributed by atoms with Crippen molar-refractivity contribution in [1.29, 1.82) is 0 Å². The Balaban J connectivity index is 2.01. The van der Waals surface area contributed by atoms with Gasteiger partial charge >= 0.3 is 0 Å². The van der Waals surface area contributed by atoms with Crippen LogP contribution in [0.25, 0.3) is 0 Å². The van der Waals surface area contributed by atoms with Crippen molar-refractivity contribution >= 4 is 0 Å². The summed E-state index contributed by atoms with van der Waals surface area (Å²) in [7, 11) is 0. The van der Waals surface area contributed by atoms with Crippen LogP contribution in [0.1, 0.15) is 17.5 Å². The fraction of sp³-hybridized carbons (Fsp3) is 0.222. The van der Waals surface area contributed by atoms with E-state index in [0.717, 1.165) is 6.42 Å². The highest BCUT2D eigenvalue weighted by Gasteiger charge is 2.04. The van der Waals surface area contributed by atoms with Crippen molar-refractivity contribution in [1.82, 2.24) is 0 Å². The first-order valence-electron chi connectivity index (χ1n) is 6.85. The average molecular weight is 284 g/mol. The van der Waals surface area contributed by atoms with Gasteiger partial charge in [-0.2, -0.15) is 0 Å². The Morgan fingerprint density at radius 3 is 2.67 bits per heavy atom. The van der Waals surface area contributed by atoms with Crippen LogP contribution in [0.2, 0.25) is 0 Å². The van der Waals surface area contributed by atoms with Gasteiger partial charge in [0.05, 0.1) is 18.8 Å². The largest absolute Gasteiger partial charge is 0.492 e. The van der Waals surface area contributed by atoms with Crippen LogP contribution < -0.4 is 4.74 Å². The highest BCUT2D eigenvalue weighted by molar-refractivity contribution is 5.46. The van der Waals surface area contributed by atoms with Gasteiger partial charge in [-0.3, -0.25) is 0 Å². The molecular formula is C18H17FO2. The summed E-state index contributed by atoms with van der Waals surface area (Å²) < 4.78 is 19.0. The van der Waals surface area contributed by atoms with Gasteiger partial charge in [-0.05, 0) is 17.7 Å². The molecule has 0 saturated heterocycles. The monoisotopic (exact) mass is 284 g/mol. The molecule has 0 atom stereocenters. The third-order valence-electron chi connectivity index (χ3n) is 2.89. The molecule has 0 spiro atoms. The van der Waals surface area contributed by atoms with Crippen molar-refractivity contribution in [2.75, 3.05) is 13.2 Å². The van der Waals surface area contributed by atoms with E-state index >= 15 is 0 Å². The molecule has 1 N–H and O–H groups in total. The zero-order valence-corrected chi connectivity index (χ0v) is 11.7. The van der Waals surface area contributed by atoms with E-state index in [4.69, 9.17) is 9.84 Å². The molecule has 0 saturated carbocycles. The number of ether oxygens (including phenoxy) is 1. The Labute approximate surface area is 124 Å². The number of benzene rings is 2. The summed E-state index contributed by atoms with van der Waals surface area (Å²) in [6, 6.07) is 14.3. The predicted molar refractivity (Wildman–Crippen MR) is 80.6 cm³/mol. The molecule has 2 aromatic rings. The van der Waals surface area contributed by atoms with Crippen molar-refractivity contribution in [3.63, 3.8) is 0 Å². The zero-order chi connectivity index (χ0) is 14.9. The van der Waals surface area contributed by atoms with Crippen molar-refractivity contribution in [3.05, 3.63) is 65.5 Å². The molecule has 3 heteroatoms. The van der Waals surface area contributed by atoms with E-state index in [1.54, 1.807) is 6.07 Å². The molecule has 0 amide bonds. The van der Waals surface area contributed by atoms with Gasteiger partial charge in [-0.25, -0.2) is 4.39 Å². The van der Waals surface area contributed by atoms with E-state index in [2.05, 4.69) is 11.8 Å². The van der Waals surface area contributed by atoms with Crippen LogP contribution in [0.3, 0.4) is 0 Å². The minimum Gasteiger partial charge on any atom is -0.492 e. The SMILES string of the molecule is OCCC#Cc1ccc(F)cc1OCCc1ccccc1. The van der Waals surface area contributed by atoms with Crippen LogP contribution in [0, 0.1) is 17.7 Å². The third kappa shape index (κ3) is 4.94. The quantitative estimate of drug-likeness (QED) is 0.855. The Bertz CT molecular complexity index is 627. The molecule has 21 heavy (non-hydrogen) atoms. The molecule has 2 aromatic carbocycles. The van der Waals surface area contributed by atoms with E-state index in [-0.39, 0.29) is 12.4 Å². The summed E-state index contributed by atoms with van der Waals surface area (Å²) in [5.74, 6) is 5.80. The maximum atomic E-state index is 13.3. The van der Waals surface area contributed by atoms with E-state index < -0.39 is 0 Å². The second-order valence-electron chi connectivity index (χ2n) is 4.50. The van der Waals surface area contributed by atoms with Crippen molar-refractivity contribution in [2.45, 2.75) is 12.8 Å². The molecule has 0 aliphatic rings. The smallest absolute Gasteiger partial charge is 0.137 e. The van der Waals surface area contributed by atoms with E-state index in [1.165, 1.54) is 17.7 Å². The second-order valence-corrected chi connectivity index (χ2v) is 4.50. The maximum Gasteiger partial charge on any atom is 0.137 e. The number of hydrogen-bond acceptors (Lipinski definition) is 2. The predicted octanol–water partition coefficient (Wildman–Crippen LogP) is 3.18. The van der Waals surface area contributed by atoms with Crippen LogP contribution in [-0.4, -0.2) is 18.3 Å². The molecule has 0 radical (unpaired) electrons. The van der Waals surface area contributed by atoms with Gasteiger partial charge in [0, 0.05) is 18.9 Å². The molecule has 108 valence electrons. The molecule has 0 aromatic heterocycles. The second kappa shape index (κ2) is 8.08. The number of halogens is 1.